The summed E-state index contributed by atoms with van der Waals surface area (Å²) in [6.45, 7) is 1.96. The number of benzene rings is 2. The third-order valence-electron chi connectivity index (χ3n) is 5.57. The summed E-state index contributed by atoms with van der Waals surface area (Å²) < 4.78 is 6.90. The Labute approximate surface area is 210 Å². The number of anilines is 2. The molecule has 0 saturated heterocycles. The second kappa shape index (κ2) is 9.36. The van der Waals surface area contributed by atoms with Crippen molar-refractivity contribution in [1.82, 2.24) is 19.5 Å². The molecule has 0 aliphatic rings. The Bertz CT molecular complexity index is 1580. The fourth-order valence-corrected chi connectivity index (χ4v) is 4.95. The lowest BCUT2D eigenvalue weighted by Gasteiger charge is -2.22. The molecule has 35 heavy (non-hydrogen) atoms. The van der Waals surface area contributed by atoms with Gasteiger partial charge in [0.1, 0.15) is 5.82 Å². The third kappa shape index (κ3) is 4.31. The number of nitrogens with two attached hydrogens (primary N) is 1. The fraction of sp³-hybridized carbons (Fsp3) is 0.120. The van der Waals surface area contributed by atoms with Gasteiger partial charge in [-0.3, -0.25) is 9.36 Å². The summed E-state index contributed by atoms with van der Waals surface area (Å²) in [5.41, 5.74) is 7.92. The van der Waals surface area contributed by atoms with Crippen molar-refractivity contribution in [2.45, 2.75) is 13.0 Å². The summed E-state index contributed by atoms with van der Waals surface area (Å²) in [4.78, 5) is 27.3. The van der Waals surface area contributed by atoms with Gasteiger partial charge in [-0.05, 0) is 36.6 Å². The van der Waals surface area contributed by atoms with E-state index >= 15 is 0 Å². The second-order valence-electron chi connectivity index (χ2n) is 7.80. The van der Waals surface area contributed by atoms with E-state index in [4.69, 9.17) is 22.1 Å². The molecule has 0 aliphatic heterocycles. The average molecular weight is 505 g/mol. The minimum atomic E-state index is -0.339. The number of pyridine rings is 1. The molecule has 2 aromatic carbocycles. The Kier molecular flexibility index (Phi) is 6.10. The average Bonchev–Trinajstić information content (AvgIpc) is 3.33. The summed E-state index contributed by atoms with van der Waals surface area (Å²) in [6, 6.07) is 16.5. The van der Waals surface area contributed by atoms with Crippen molar-refractivity contribution in [3.63, 3.8) is 0 Å². The number of rotatable bonds is 6. The van der Waals surface area contributed by atoms with Crippen LogP contribution in [0.3, 0.4) is 0 Å². The first-order valence-corrected chi connectivity index (χ1v) is 11.9. The molecule has 1 atom stereocenters. The zero-order chi connectivity index (χ0) is 24.5. The molecule has 0 saturated carbocycles. The van der Waals surface area contributed by atoms with Gasteiger partial charge in [0.2, 0.25) is 5.95 Å². The number of nitrogens with zero attached hydrogens (tertiary/aromatic N) is 4. The highest BCUT2D eigenvalue weighted by Gasteiger charge is 2.20. The van der Waals surface area contributed by atoms with Gasteiger partial charge in [-0.2, -0.15) is 4.98 Å². The summed E-state index contributed by atoms with van der Waals surface area (Å²) >= 11 is 7.80. The number of nitrogen functional groups attached to an aromatic ring is 1. The van der Waals surface area contributed by atoms with E-state index in [1.165, 1.54) is 11.3 Å². The van der Waals surface area contributed by atoms with Gasteiger partial charge in [0.05, 0.1) is 34.0 Å². The summed E-state index contributed by atoms with van der Waals surface area (Å²) in [7, 11) is 1.57. The van der Waals surface area contributed by atoms with Crippen molar-refractivity contribution in [2.24, 2.45) is 0 Å². The largest absolute Gasteiger partial charge is 0.473 e. The van der Waals surface area contributed by atoms with Crippen molar-refractivity contribution >= 4 is 45.5 Å². The van der Waals surface area contributed by atoms with Gasteiger partial charge in [0, 0.05) is 23.8 Å². The maximum Gasteiger partial charge on any atom is 0.273 e. The van der Waals surface area contributed by atoms with Crippen LogP contribution in [0.25, 0.3) is 26.9 Å². The highest BCUT2D eigenvalue weighted by Crippen LogP contribution is 2.35. The number of thiazole rings is 1. The van der Waals surface area contributed by atoms with Crippen LogP contribution in [0.5, 0.6) is 5.19 Å². The Morgan fingerprint density at radius 1 is 1.11 bits per heavy atom. The summed E-state index contributed by atoms with van der Waals surface area (Å²) in [5.74, 6) is 0.653. The maximum absolute atomic E-state index is 13.7. The highest BCUT2D eigenvalue weighted by atomic mass is 35.5. The number of nitrogens with one attached hydrogen (secondary N) is 1. The van der Waals surface area contributed by atoms with Crippen LogP contribution in [0.15, 0.2) is 71.8 Å². The molecule has 0 spiro atoms. The van der Waals surface area contributed by atoms with Gasteiger partial charge < -0.3 is 15.8 Å². The Morgan fingerprint density at radius 3 is 2.66 bits per heavy atom. The second-order valence-corrected chi connectivity index (χ2v) is 9.20. The molecule has 8 nitrogen and oxygen atoms in total. The molecule has 0 amide bonds. The Hall–Kier alpha value is -3.95. The van der Waals surface area contributed by atoms with Crippen LogP contribution >= 0.6 is 22.9 Å². The molecular formula is C25H21ClN6O2S. The van der Waals surface area contributed by atoms with Crippen LogP contribution in [0.4, 0.5) is 11.8 Å². The molecule has 0 aliphatic carbocycles. The molecule has 0 bridgehead atoms. The smallest absolute Gasteiger partial charge is 0.273 e. The third-order valence-corrected chi connectivity index (χ3v) is 6.87. The number of halogens is 1. The van der Waals surface area contributed by atoms with Crippen LogP contribution in [-0.2, 0) is 0 Å². The van der Waals surface area contributed by atoms with Crippen molar-refractivity contribution in [3.8, 4) is 21.3 Å². The number of fused-ring (bicyclic) bond motifs is 1. The minimum Gasteiger partial charge on any atom is -0.473 e. The predicted octanol–water partition coefficient (Wildman–Crippen LogP) is 5.32. The van der Waals surface area contributed by atoms with Crippen LogP contribution in [0.1, 0.15) is 18.7 Å². The van der Waals surface area contributed by atoms with Crippen LogP contribution in [-0.4, -0.2) is 26.6 Å². The molecule has 0 radical (unpaired) electrons. The molecule has 0 fully saturated rings. The fourth-order valence-electron chi connectivity index (χ4n) is 3.94. The van der Waals surface area contributed by atoms with Crippen molar-refractivity contribution in [2.75, 3.05) is 18.2 Å². The predicted molar refractivity (Wildman–Crippen MR) is 141 cm³/mol. The van der Waals surface area contributed by atoms with Crippen molar-refractivity contribution in [1.29, 1.82) is 0 Å². The van der Waals surface area contributed by atoms with E-state index in [1.807, 2.05) is 55.5 Å². The van der Waals surface area contributed by atoms with E-state index < -0.39 is 0 Å². The van der Waals surface area contributed by atoms with E-state index in [-0.39, 0.29) is 17.5 Å². The van der Waals surface area contributed by atoms with Gasteiger partial charge >= 0.3 is 0 Å². The zero-order valence-corrected chi connectivity index (χ0v) is 20.5. The molecule has 10 heteroatoms. The zero-order valence-electron chi connectivity index (χ0n) is 18.9. The molecule has 5 aromatic rings. The van der Waals surface area contributed by atoms with Gasteiger partial charge in [-0.15, -0.1) is 0 Å². The quantitative estimate of drug-likeness (QED) is 0.322. The number of methoxy groups -OCH3 is 1. The first kappa shape index (κ1) is 22.8. The number of para-hydroxylation sites is 1. The Morgan fingerprint density at radius 2 is 1.91 bits per heavy atom. The summed E-state index contributed by atoms with van der Waals surface area (Å²) in [5, 5.41) is 5.59. The first-order valence-electron chi connectivity index (χ1n) is 10.7. The van der Waals surface area contributed by atoms with E-state index in [2.05, 4.69) is 20.3 Å². The molecule has 3 N–H and O–H groups in total. The molecule has 176 valence electrons. The lowest BCUT2D eigenvalue weighted by molar-refractivity contribution is 0.412. The topological polar surface area (TPSA) is 108 Å². The van der Waals surface area contributed by atoms with E-state index in [1.54, 1.807) is 30.1 Å². The van der Waals surface area contributed by atoms with Crippen LogP contribution in [0.2, 0.25) is 5.02 Å². The van der Waals surface area contributed by atoms with Gasteiger partial charge in [0.25, 0.3) is 10.8 Å². The minimum absolute atomic E-state index is 0.130. The highest BCUT2D eigenvalue weighted by molar-refractivity contribution is 7.16. The molecule has 5 rings (SSSR count). The lowest BCUT2D eigenvalue weighted by Crippen LogP contribution is -2.26. The van der Waals surface area contributed by atoms with E-state index in [9.17, 15) is 4.79 Å². The van der Waals surface area contributed by atoms with Gasteiger partial charge in [-0.1, -0.05) is 53.3 Å². The maximum atomic E-state index is 13.7. The number of hydrogen-bond donors (Lipinski definition) is 2. The monoisotopic (exact) mass is 504 g/mol. The van der Waals surface area contributed by atoms with E-state index in [0.29, 0.717) is 21.4 Å². The van der Waals surface area contributed by atoms with Gasteiger partial charge in [0.15, 0.2) is 0 Å². The van der Waals surface area contributed by atoms with Crippen LogP contribution < -0.4 is 21.3 Å². The number of hydrogen-bond acceptors (Lipinski definition) is 8. The standard InChI is InChI=1S/C25H21ClN6O2S/c1-14(30-22-17(12-28-24(27)31-22)20-13-29-25(34-2)35-20)19-11-15-7-6-10-18(26)21(15)23(33)32(19)16-8-4-3-5-9-16/h3-14H,1-2H3,(H3,27,28,30,31). The van der Waals surface area contributed by atoms with E-state index in [0.717, 1.165) is 27.2 Å². The van der Waals surface area contributed by atoms with Crippen molar-refractivity contribution in [3.05, 3.63) is 88.1 Å². The summed E-state index contributed by atoms with van der Waals surface area (Å²) in [6.07, 6.45) is 3.35. The number of ether oxygens (including phenoxy) is 1. The first-order chi connectivity index (χ1) is 17.0. The van der Waals surface area contributed by atoms with Gasteiger partial charge in [-0.25, -0.2) is 9.97 Å². The molecular weight excluding hydrogens is 484 g/mol. The Balaban J connectivity index is 1.65. The molecule has 3 aromatic heterocycles. The molecule has 3 heterocycles. The van der Waals surface area contributed by atoms with Crippen LogP contribution in [0, 0.1) is 0 Å². The molecule has 1 unspecified atom stereocenters. The SMILES string of the molecule is COc1ncc(-c2cnc(N)nc2NC(C)c2cc3cccc(Cl)c3c(=O)n2-c2ccccc2)s1. The normalized spacial score (nSPS) is 12.0. The lowest BCUT2D eigenvalue weighted by atomic mass is 10.1. The van der Waals surface area contributed by atoms with Crippen molar-refractivity contribution < 1.29 is 4.74 Å². The number of aromatic nitrogens is 4.